The minimum Gasteiger partial charge on any atom is -0.370 e. The van der Waals surface area contributed by atoms with Crippen LogP contribution in [0.4, 0.5) is 5.69 Å². The number of primary amides is 1. The van der Waals surface area contributed by atoms with E-state index in [4.69, 9.17) is 15.3 Å². The summed E-state index contributed by atoms with van der Waals surface area (Å²) in [6.07, 6.45) is 14.1. The zero-order valence-electron chi connectivity index (χ0n) is 31.4. The number of hydrogen-bond donors (Lipinski definition) is 1. The Morgan fingerprint density at radius 2 is 1.73 bits per heavy atom. The van der Waals surface area contributed by atoms with E-state index in [2.05, 4.69) is 80.6 Å². The van der Waals surface area contributed by atoms with E-state index >= 15 is 0 Å². The first-order chi connectivity index (χ1) is 26.6. The predicted molar refractivity (Wildman–Crippen MR) is 222 cm³/mol. The van der Waals surface area contributed by atoms with Crippen molar-refractivity contribution in [1.29, 1.82) is 0 Å². The van der Waals surface area contributed by atoms with Gasteiger partial charge in [-0.1, -0.05) is 86.7 Å². The van der Waals surface area contributed by atoms with Crippen molar-refractivity contribution in [2.75, 3.05) is 11.7 Å². The zero-order chi connectivity index (χ0) is 38.5. The Hall–Kier alpha value is -4.61. The van der Waals surface area contributed by atoms with Gasteiger partial charge < -0.3 is 10.5 Å². The highest BCUT2D eigenvalue weighted by molar-refractivity contribution is 7.95. The SMILES string of the molecule is CC(C)CC(=O)N(OC1CCCCO1)c1cccc(-c2ccc(C3=Cc4ccc5c(c4CC3)CCc3ccccc3-5)s2)c1.NC(=O)CC1C=CC=CS1(=O)=O. The molecule has 10 heteroatoms. The summed E-state index contributed by atoms with van der Waals surface area (Å²) in [5.41, 5.74) is 16.9. The van der Waals surface area contributed by atoms with Crippen LogP contribution in [0.25, 0.3) is 33.2 Å². The maximum Gasteiger partial charge on any atom is 0.251 e. The number of fused-ring (bicyclic) bond motifs is 5. The van der Waals surface area contributed by atoms with Crippen molar-refractivity contribution in [2.45, 2.75) is 83.2 Å². The van der Waals surface area contributed by atoms with E-state index < -0.39 is 21.0 Å². The summed E-state index contributed by atoms with van der Waals surface area (Å²) in [5.74, 6) is -0.405. The first-order valence-corrected chi connectivity index (χ1v) is 21.6. The van der Waals surface area contributed by atoms with Gasteiger partial charge in [0, 0.05) is 41.0 Å². The fraction of sp³-hybridized carbons (Fsp3) is 0.333. The summed E-state index contributed by atoms with van der Waals surface area (Å²) in [7, 11) is -3.29. The molecule has 2 aliphatic carbocycles. The molecular weight excluding hydrogens is 729 g/mol. The van der Waals surface area contributed by atoms with E-state index in [1.54, 1.807) is 11.6 Å². The van der Waals surface area contributed by atoms with E-state index in [-0.39, 0.29) is 24.5 Å². The molecule has 2 N–H and O–H groups in total. The van der Waals surface area contributed by atoms with Gasteiger partial charge in [-0.05, 0) is 113 Å². The molecule has 2 aliphatic heterocycles. The zero-order valence-corrected chi connectivity index (χ0v) is 33.0. The number of anilines is 1. The number of hydroxylamine groups is 1. The first-order valence-electron chi connectivity index (χ1n) is 19.2. The quantitative estimate of drug-likeness (QED) is 0.170. The number of sulfone groups is 1. The van der Waals surface area contributed by atoms with Crippen LogP contribution in [0.1, 0.15) is 79.5 Å². The number of carbonyl (C=O) groups is 2. The monoisotopic (exact) mass is 776 g/mol. The van der Waals surface area contributed by atoms with Crippen LogP contribution in [0, 0.1) is 5.92 Å². The third kappa shape index (κ3) is 9.10. The van der Waals surface area contributed by atoms with Gasteiger partial charge in [-0.3, -0.25) is 9.59 Å². The third-order valence-electron chi connectivity index (χ3n) is 10.4. The fourth-order valence-electron chi connectivity index (χ4n) is 7.65. The van der Waals surface area contributed by atoms with Gasteiger partial charge in [0.25, 0.3) is 5.91 Å². The van der Waals surface area contributed by atoms with Gasteiger partial charge in [0.2, 0.25) is 5.91 Å². The number of carbonyl (C=O) groups excluding carboxylic acids is 2. The maximum atomic E-state index is 13.3. The van der Waals surface area contributed by atoms with Gasteiger partial charge in [0.05, 0.1) is 10.9 Å². The lowest BCUT2D eigenvalue weighted by Crippen LogP contribution is -2.38. The summed E-state index contributed by atoms with van der Waals surface area (Å²) in [6.45, 7) is 4.79. The average Bonchev–Trinajstić information content (AvgIpc) is 3.68. The number of nitrogens with two attached hydrogens (primary N) is 1. The van der Waals surface area contributed by atoms with E-state index in [1.165, 1.54) is 60.4 Å². The van der Waals surface area contributed by atoms with Crippen molar-refractivity contribution in [2.24, 2.45) is 11.7 Å². The Kier molecular flexibility index (Phi) is 12.0. The second kappa shape index (κ2) is 17.0. The Balaban J connectivity index is 0.000000333. The number of aryl methyl sites for hydroxylation is 1. The second-order valence-corrected chi connectivity index (χ2v) is 18.0. The van der Waals surface area contributed by atoms with Gasteiger partial charge in [0.1, 0.15) is 0 Å². The van der Waals surface area contributed by atoms with Crippen LogP contribution in [0.15, 0.2) is 96.4 Å². The molecule has 55 heavy (non-hydrogen) atoms. The molecule has 0 spiro atoms. The summed E-state index contributed by atoms with van der Waals surface area (Å²) in [5, 5.41) is 1.79. The van der Waals surface area contributed by atoms with Gasteiger partial charge in [-0.15, -0.1) is 11.3 Å². The van der Waals surface area contributed by atoms with Gasteiger partial charge in [-0.2, -0.15) is 5.06 Å². The Bertz CT molecular complexity index is 2260. The van der Waals surface area contributed by atoms with Crippen LogP contribution in [-0.2, 0) is 48.3 Å². The molecule has 0 bridgehead atoms. The highest BCUT2D eigenvalue weighted by Gasteiger charge is 2.27. The summed E-state index contributed by atoms with van der Waals surface area (Å²) in [4.78, 5) is 32.4. The maximum absolute atomic E-state index is 13.3. The largest absolute Gasteiger partial charge is 0.370 e. The average molecular weight is 777 g/mol. The van der Waals surface area contributed by atoms with Gasteiger partial charge >= 0.3 is 0 Å². The third-order valence-corrected chi connectivity index (χ3v) is 13.3. The molecular formula is C45H48N2O6S2. The number of allylic oxidation sites excluding steroid dienone is 3. The molecule has 286 valence electrons. The van der Waals surface area contributed by atoms with Crippen molar-refractivity contribution < 1.29 is 27.6 Å². The first kappa shape index (κ1) is 38.7. The van der Waals surface area contributed by atoms with Crippen molar-refractivity contribution >= 4 is 50.3 Å². The van der Waals surface area contributed by atoms with Gasteiger partial charge in [-0.25, -0.2) is 13.3 Å². The number of thiophene rings is 1. The Morgan fingerprint density at radius 1 is 0.909 bits per heavy atom. The number of rotatable bonds is 9. The highest BCUT2D eigenvalue weighted by atomic mass is 32.2. The van der Waals surface area contributed by atoms with Crippen molar-refractivity contribution in [3.8, 4) is 21.6 Å². The molecule has 0 saturated carbocycles. The molecule has 8 nitrogen and oxygen atoms in total. The van der Waals surface area contributed by atoms with Crippen LogP contribution < -0.4 is 10.8 Å². The molecule has 1 saturated heterocycles. The molecule has 4 aliphatic rings. The molecule has 2 unspecified atom stereocenters. The number of amides is 2. The van der Waals surface area contributed by atoms with E-state index in [0.717, 1.165) is 61.6 Å². The Morgan fingerprint density at radius 3 is 2.51 bits per heavy atom. The van der Waals surface area contributed by atoms with Crippen LogP contribution in [0.2, 0.25) is 0 Å². The lowest BCUT2D eigenvalue weighted by molar-refractivity contribution is -0.177. The van der Waals surface area contributed by atoms with E-state index in [1.807, 2.05) is 23.5 Å². The standard InChI is InChI=1S/C38H39NO3S.C7H9NO3S/c1-25(2)22-37(40)39(42-38-12-5-6-21-41-38)30-10-7-9-28(24-30)35-19-20-36(43-35)29-15-16-32-27(23-29)14-18-33-31-11-4-3-8-26(31)13-17-34(32)33;8-7(9)5-6-3-1-2-4-12(6,10)11/h3-4,7-11,14,18-20,23-25,38H,5-6,12-13,15-17,21-22H2,1-2H3;1-4,6H,5H2,(H2,8,9). The molecule has 3 heterocycles. The van der Waals surface area contributed by atoms with Crippen molar-refractivity contribution in [1.82, 2.24) is 0 Å². The van der Waals surface area contributed by atoms with E-state index in [0.29, 0.717) is 13.0 Å². The topological polar surface area (TPSA) is 116 Å². The molecule has 2 amide bonds. The molecule has 3 aromatic carbocycles. The van der Waals surface area contributed by atoms with Crippen molar-refractivity contribution in [3.63, 3.8) is 0 Å². The lowest BCUT2D eigenvalue weighted by atomic mass is 9.78. The van der Waals surface area contributed by atoms with Crippen LogP contribution in [0.5, 0.6) is 0 Å². The number of benzene rings is 3. The fourth-order valence-corrected chi connectivity index (χ4v) is 9.91. The summed E-state index contributed by atoms with van der Waals surface area (Å²) in [6, 6.07) is 26.2. The summed E-state index contributed by atoms with van der Waals surface area (Å²) >= 11 is 1.82. The number of hydrogen-bond acceptors (Lipinski definition) is 7. The summed E-state index contributed by atoms with van der Waals surface area (Å²) < 4.78 is 28.2. The van der Waals surface area contributed by atoms with Crippen LogP contribution >= 0.6 is 11.3 Å². The van der Waals surface area contributed by atoms with E-state index in [9.17, 15) is 18.0 Å². The molecule has 4 aromatic rings. The second-order valence-electron chi connectivity index (χ2n) is 14.9. The Labute approximate surface area is 328 Å². The minimum atomic E-state index is -3.29. The molecule has 1 aromatic heterocycles. The molecule has 1 fully saturated rings. The number of ether oxygens (including phenoxy) is 1. The minimum absolute atomic E-state index is 0.0371. The normalized spacial score (nSPS) is 19.3. The lowest BCUT2D eigenvalue weighted by Gasteiger charge is -2.30. The predicted octanol–water partition coefficient (Wildman–Crippen LogP) is 9.23. The molecule has 8 rings (SSSR count). The van der Waals surface area contributed by atoms with Crippen molar-refractivity contribution in [3.05, 3.63) is 124 Å². The smallest absolute Gasteiger partial charge is 0.251 e. The van der Waals surface area contributed by atoms with Crippen LogP contribution in [0.3, 0.4) is 0 Å². The molecule has 0 radical (unpaired) electrons. The van der Waals surface area contributed by atoms with Crippen LogP contribution in [-0.4, -0.2) is 38.4 Å². The number of nitrogens with zero attached hydrogens (tertiary/aromatic N) is 1. The van der Waals surface area contributed by atoms with Gasteiger partial charge in [0.15, 0.2) is 16.1 Å². The molecule has 2 atom stereocenters. The highest BCUT2D eigenvalue weighted by Crippen LogP contribution is 2.42.